The van der Waals surface area contributed by atoms with Gasteiger partial charge in [-0.25, -0.2) is 18.4 Å². The molecular weight excluding hydrogens is 334 g/mol. The molecule has 2 rings (SSSR count). The van der Waals surface area contributed by atoms with Crippen LogP contribution in [0.2, 0.25) is 0 Å². The van der Waals surface area contributed by atoms with Crippen LogP contribution in [0.4, 0.5) is 10.5 Å². The number of rotatable bonds is 3. The van der Waals surface area contributed by atoms with Crippen LogP contribution in [0.1, 0.15) is 18.9 Å². The number of sulfonamides is 1. The second-order valence-corrected chi connectivity index (χ2v) is 7.77. The Morgan fingerprint density at radius 3 is 2.58 bits per heavy atom. The number of hydrogen-bond donors (Lipinski definition) is 3. The molecule has 132 valence electrons. The van der Waals surface area contributed by atoms with E-state index in [1.54, 1.807) is 19.1 Å². The van der Waals surface area contributed by atoms with Gasteiger partial charge < -0.3 is 15.3 Å². The molecule has 2 amide bonds. The summed E-state index contributed by atoms with van der Waals surface area (Å²) in [5, 5.41) is 16.9. The number of likely N-dealkylation sites (tertiary alicyclic amines) is 1. The molecule has 0 aromatic heterocycles. The van der Waals surface area contributed by atoms with Crippen molar-refractivity contribution in [2.45, 2.75) is 25.2 Å². The molecule has 2 atom stereocenters. The van der Waals surface area contributed by atoms with Crippen molar-refractivity contribution >= 4 is 27.7 Å². The summed E-state index contributed by atoms with van der Waals surface area (Å²) < 4.78 is 23.1. The number of carboxylic acids is 1. The number of aryl methyl sites for hydroxylation is 1. The van der Waals surface area contributed by atoms with Crippen molar-refractivity contribution in [3.63, 3.8) is 0 Å². The number of piperidine rings is 1. The summed E-state index contributed by atoms with van der Waals surface area (Å²) in [4.78, 5) is 24.9. The highest BCUT2D eigenvalue weighted by atomic mass is 32.2. The number of carbonyl (C=O) groups is 2. The van der Waals surface area contributed by atoms with Gasteiger partial charge >= 0.3 is 12.0 Å². The van der Waals surface area contributed by atoms with Crippen molar-refractivity contribution in [2.75, 3.05) is 18.4 Å². The Bertz CT molecular complexity index is 762. The predicted octanol–water partition coefficient (Wildman–Crippen LogP) is 1.22. The molecule has 8 nitrogen and oxygen atoms in total. The molecule has 0 radical (unpaired) electrons. The molecule has 24 heavy (non-hydrogen) atoms. The van der Waals surface area contributed by atoms with Gasteiger partial charge in [0.2, 0.25) is 10.0 Å². The monoisotopic (exact) mass is 355 g/mol. The lowest BCUT2D eigenvalue weighted by atomic mass is 9.91. The van der Waals surface area contributed by atoms with E-state index in [-0.39, 0.29) is 17.4 Å². The highest BCUT2D eigenvalue weighted by Crippen LogP contribution is 2.23. The maximum atomic E-state index is 12.4. The van der Waals surface area contributed by atoms with Crippen LogP contribution in [0.15, 0.2) is 23.1 Å². The van der Waals surface area contributed by atoms with Gasteiger partial charge in [-0.3, -0.25) is 4.79 Å². The van der Waals surface area contributed by atoms with Gasteiger partial charge in [-0.2, -0.15) is 0 Å². The third-order valence-electron chi connectivity index (χ3n) is 4.04. The van der Waals surface area contributed by atoms with E-state index in [0.717, 1.165) is 0 Å². The van der Waals surface area contributed by atoms with Gasteiger partial charge in [0, 0.05) is 18.8 Å². The minimum atomic E-state index is -3.89. The third-order valence-corrected chi connectivity index (χ3v) is 5.09. The van der Waals surface area contributed by atoms with Gasteiger partial charge in [-0.05, 0) is 37.0 Å². The SMILES string of the molecule is Cc1ccc(NC(=O)N2CC(C)CC(C(=O)O)C2)cc1S(N)(=O)=O. The molecule has 1 aromatic carbocycles. The maximum Gasteiger partial charge on any atom is 0.321 e. The van der Waals surface area contributed by atoms with E-state index in [1.165, 1.54) is 11.0 Å². The third kappa shape index (κ3) is 4.24. The number of anilines is 1. The second-order valence-electron chi connectivity index (χ2n) is 6.24. The van der Waals surface area contributed by atoms with Crippen molar-refractivity contribution in [3.05, 3.63) is 23.8 Å². The Balaban J connectivity index is 2.16. The largest absolute Gasteiger partial charge is 0.481 e. The lowest BCUT2D eigenvalue weighted by Crippen LogP contribution is -2.47. The molecule has 0 saturated carbocycles. The smallest absolute Gasteiger partial charge is 0.321 e. The molecule has 4 N–H and O–H groups in total. The van der Waals surface area contributed by atoms with Crippen LogP contribution in [0.25, 0.3) is 0 Å². The summed E-state index contributed by atoms with van der Waals surface area (Å²) in [6.45, 7) is 4.07. The van der Waals surface area contributed by atoms with Gasteiger partial charge in [0.05, 0.1) is 10.8 Å². The number of urea groups is 1. The number of benzene rings is 1. The Labute approximate surface area is 140 Å². The van der Waals surface area contributed by atoms with Crippen LogP contribution in [0, 0.1) is 18.8 Å². The zero-order valence-corrected chi connectivity index (χ0v) is 14.3. The van der Waals surface area contributed by atoms with Crippen molar-refractivity contribution in [2.24, 2.45) is 17.0 Å². The highest BCUT2D eigenvalue weighted by molar-refractivity contribution is 7.89. The van der Waals surface area contributed by atoms with Crippen LogP contribution < -0.4 is 10.5 Å². The molecule has 9 heteroatoms. The predicted molar refractivity (Wildman–Crippen MR) is 88.1 cm³/mol. The second kappa shape index (κ2) is 6.78. The topological polar surface area (TPSA) is 130 Å². The molecule has 0 bridgehead atoms. The van der Waals surface area contributed by atoms with Crippen molar-refractivity contribution in [1.82, 2.24) is 4.90 Å². The fourth-order valence-corrected chi connectivity index (χ4v) is 3.69. The van der Waals surface area contributed by atoms with Gasteiger partial charge in [0.25, 0.3) is 0 Å². The summed E-state index contributed by atoms with van der Waals surface area (Å²) in [5.74, 6) is -1.45. The van der Waals surface area contributed by atoms with Crippen molar-refractivity contribution in [3.8, 4) is 0 Å². The molecule has 1 fully saturated rings. The first kappa shape index (κ1) is 18.2. The van der Waals surface area contributed by atoms with E-state index < -0.39 is 27.9 Å². The Hall–Kier alpha value is -2.13. The first-order valence-corrected chi connectivity index (χ1v) is 9.04. The van der Waals surface area contributed by atoms with Gasteiger partial charge in [0.15, 0.2) is 0 Å². The fraction of sp³-hybridized carbons (Fsp3) is 0.467. The first-order chi connectivity index (χ1) is 11.1. The lowest BCUT2D eigenvalue weighted by molar-refractivity contribution is -0.143. The number of hydrogen-bond acceptors (Lipinski definition) is 4. The van der Waals surface area contributed by atoms with E-state index >= 15 is 0 Å². The summed E-state index contributed by atoms with van der Waals surface area (Å²) in [6, 6.07) is 3.96. The Morgan fingerprint density at radius 1 is 1.33 bits per heavy atom. The van der Waals surface area contributed by atoms with Gasteiger partial charge in [-0.1, -0.05) is 13.0 Å². The number of carbonyl (C=O) groups excluding carboxylic acids is 1. The Morgan fingerprint density at radius 2 is 2.00 bits per heavy atom. The first-order valence-electron chi connectivity index (χ1n) is 7.50. The fourth-order valence-electron chi connectivity index (χ4n) is 2.88. The van der Waals surface area contributed by atoms with E-state index in [2.05, 4.69) is 5.32 Å². The molecule has 1 saturated heterocycles. The molecule has 0 spiro atoms. The minimum Gasteiger partial charge on any atom is -0.481 e. The van der Waals surface area contributed by atoms with E-state index in [4.69, 9.17) is 10.2 Å². The number of nitrogens with two attached hydrogens (primary N) is 1. The summed E-state index contributed by atoms with van der Waals surface area (Å²) >= 11 is 0. The minimum absolute atomic E-state index is 0.0595. The van der Waals surface area contributed by atoms with Crippen molar-refractivity contribution < 1.29 is 23.1 Å². The number of amides is 2. The zero-order chi connectivity index (χ0) is 18.1. The number of carboxylic acid groups (broad SMARTS) is 1. The molecule has 0 aliphatic carbocycles. The molecule has 2 unspecified atom stereocenters. The van der Waals surface area contributed by atoms with Crippen LogP contribution >= 0.6 is 0 Å². The number of aliphatic carboxylic acids is 1. The zero-order valence-electron chi connectivity index (χ0n) is 13.5. The molecular formula is C15H21N3O5S. The van der Waals surface area contributed by atoms with Gasteiger partial charge in [-0.15, -0.1) is 0 Å². The van der Waals surface area contributed by atoms with Crippen LogP contribution in [0.5, 0.6) is 0 Å². The summed E-state index contributed by atoms with van der Waals surface area (Å²) in [5.41, 5.74) is 0.771. The number of primary sulfonamides is 1. The number of nitrogens with zero attached hydrogens (tertiary/aromatic N) is 1. The lowest BCUT2D eigenvalue weighted by Gasteiger charge is -2.34. The van der Waals surface area contributed by atoms with Gasteiger partial charge in [0.1, 0.15) is 0 Å². The summed E-state index contributed by atoms with van der Waals surface area (Å²) in [6.07, 6.45) is 0.527. The highest BCUT2D eigenvalue weighted by Gasteiger charge is 2.32. The molecule has 1 aliphatic heterocycles. The van der Waals surface area contributed by atoms with Crippen LogP contribution in [0.3, 0.4) is 0 Å². The van der Waals surface area contributed by atoms with Crippen LogP contribution in [-0.4, -0.2) is 43.5 Å². The molecule has 1 aliphatic rings. The van der Waals surface area contributed by atoms with E-state index in [1.807, 2.05) is 6.92 Å². The standard InChI is InChI=1S/C15H21N3O5S/c1-9-5-11(14(19)20)8-18(7-9)15(21)17-12-4-3-10(2)13(6-12)24(16,22)23/h3-4,6,9,11H,5,7-8H2,1-2H3,(H,17,21)(H,19,20)(H2,16,22,23). The average Bonchev–Trinajstić information content (AvgIpc) is 2.47. The van der Waals surface area contributed by atoms with E-state index in [0.29, 0.717) is 24.2 Å². The maximum absolute atomic E-state index is 12.4. The normalized spacial score (nSPS) is 21.4. The van der Waals surface area contributed by atoms with Crippen molar-refractivity contribution in [1.29, 1.82) is 0 Å². The Kier molecular flexibility index (Phi) is 5.14. The number of nitrogens with one attached hydrogen (secondary N) is 1. The summed E-state index contributed by atoms with van der Waals surface area (Å²) in [7, 11) is -3.89. The van der Waals surface area contributed by atoms with Crippen LogP contribution in [-0.2, 0) is 14.8 Å². The molecule has 1 heterocycles. The molecule has 1 aromatic rings. The average molecular weight is 355 g/mol. The van der Waals surface area contributed by atoms with E-state index in [9.17, 15) is 18.0 Å². The quantitative estimate of drug-likeness (QED) is 0.750.